The summed E-state index contributed by atoms with van der Waals surface area (Å²) in [4.78, 5) is 0. The number of hydrogen-bond acceptors (Lipinski definition) is 3. The highest BCUT2D eigenvalue weighted by molar-refractivity contribution is 7.89. The number of sulfonamides is 1. The van der Waals surface area contributed by atoms with E-state index in [4.69, 9.17) is 17.3 Å². The van der Waals surface area contributed by atoms with Crippen molar-refractivity contribution in [1.82, 2.24) is 4.72 Å². The van der Waals surface area contributed by atoms with Gasteiger partial charge in [0.1, 0.15) is 0 Å². The third-order valence-electron chi connectivity index (χ3n) is 2.21. The molecule has 0 aliphatic rings. The van der Waals surface area contributed by atoms with E-state index in [-0.39, 0.29) is 24.7 Å². The minimum Gasteiger partial charge on any atom is -0.323 e. The zero-order chi connectivity index (χ0) is 12.2. The third-order valence-corrected chi connectivity index (χ3v) is 3.92. The van der Waals surface area contributed by atoms with Crippen molar-refractivity contribution in [2.45, 2.75) is 13.0 Å². The van der Waals surface area contributed by atoms with Crippen molar-refractivity contribution in [2.24, 2.45) is 5.73 Å². The Labute approximate surface area is 113 Å². The van der Waals surface area contributed by atoms with Crippen molar-refractivity contribution in [1.29, 1.82) is 0 Å². The molecule has 0 aliphatic heterocycles. The summed E-state index contributed by atoms with van der Waals surface area (Å²) >= 11 is 5.95. The lowest BCUT2D eigenvalue weighted by Gasteiger charge is -2.14. The summed E-state index contributed by atoms with van der Waals surface area (Å²) in [6, 6.07) is 6.69. The van der Waals surface area contributed by atoms with Gasteiger partial charge in [-0.05, 0) is 18.6 Å². The van der Waals surface area contributed by atoms with Crippen LogP contribution in [0, 0.1) is 0 Å². The molecule has 0 heterocycles. The summed E-state index contributed by atoms with van der Waals surface area (Å²) in [5.41, 5.74) is 6.59. The van der Waals surface area contributed by atoms with Gasteiger partial charge in [0.25, 0.3) is 0 Å². The van der Waals surface area contributed by atoms with Gasteiger partial charge in [-0.25, -0.2) is 13.1 Å². The van der Waals surface area contributed by atoms with Gasteiger partial charge in [-0.2, -0.15) is 0 Å². The molecule has 0 aromatic heterocycles. The largest absolute Gasteiger partial charge is 0.323 e. The number of nitrogens with two attached hydrogens (primary N) is 1. The maximum atomic E-state index is 11.2. The molecule has 0 spiro atoms. The summed E-state index contributed by atoms with van der Waals surface area (Å²) in [6.45, 7) is 1.73. The van der Waals surface area contributed by atoms with Crippen LogP contribution in [0.2, 0.25) is 5.02 Å². The number of benzene rings is 1. The molecular formula is C10H16Cl2N2O2S. The van der Waals surface area contributed by atoms with Gasteiger partial charge in [-0.3, -0.25) is 0 Å². The summed E-state index contributed by atoms with van der Waals surface area (Å²) in [6.07, 6.45) is 0. The fourth-order valence-electron chi connectivity index (χ4n) is 1.20. The smallest absolute Gasteiger partial charge is 0.211 e. The van der Waals surface area contributed by atoms with Gasteiger partial charge in [0.15, 0.2) is 0 Å². The van der Waals surface area contributed by atoms with Crippen LogP contribution in [0.1, 0.15) is 18.5 Å². The highest BCUT2D eigenvalue weighted by atomic mass is 35.5. The first-order valence-corrected chi connectivity index (χ1v) is 6.96. The molecule has 1 atom stereocenters. The van der Waals surface area contributed by atoms with E-state index in [1.54, 1.807) is 25.1 Å². The molecule has 0 fully saturated rings. The zero-order valence-electron chi connectivity index (χ0n) is 9.39. The van der Waals surface area contributed by atoms with Crippen LogP contribution in [-0.2, 0) is 10.0 Å². The lowest BCUT2D eigenvalue weighted by atomic mass is 10.1. The van der Waals surface area contributed by atoms with E-state index in [0.717, 1.165) is 5.56 Å². The van der Waals surface area contributed by atoms with Gasteiger partial charge in [0.2, 0.25) is 10.0 Å². The molecule has 1 rings (SSSR count). The summed E-state index contributed by atoms with van der Waals surface area (Å²) in [7, 11) is -3.21. The van der Waals surface area contributed by atoms with Crippen LogP contribution in [0.15, 0.2) is 24.3 Å². The van der Waals surface area contributed by atoms with Crippen LogP contribution in [0.3, 0.4) is 0 Å². The van der Waals surface area contributed by atoms with Crippen LogP contribution in [-0.4, -0.2) is 20.7 Å². The average molecular weight is 299 g/mol. The second kappa shape index (κ2) is 7.18. The van der Waals surface area contributed by atoms with E-state index in [1.165, 1.54) is 0 Å². The van der Waals surface area contributed by atoms with Crippen LogP contribution >= 0.6 is 24.0 Å². The van der Waals surface area contributed by atoms with E-state index in [9.17, 15) is 8.42 Å². The van der Waals surface area contributed by atoms with E-state index < -0.39 is 16.1 Å². The van der Waals surface area contributed by atoms with Gasteiger partial charge in [-0.1, -0.05) is 29.8 Å². The first-order valence-electron chi connectivity index (χ1n) is 4.93. The van der Waals surface area contributed by atoms with Gasteiger partial charge in [-0.15, -0.1) is 12.4 Å². The topological polar surface area (TPSA) is 72.2 Å². The van der Waals surface area contributed by atoms with Crippen molar-refractivity contribution in [3.05, 3.63) is 34.9 Å². The number of nitrogens with one attached hydrogen (secondary N) is 1. The van der Waals surface area contributed by atoms with E-state index in [2.05, 4.69) is 4.72 Å². The molecule has 0 radical (unpaired) electrons. The molecule has 4 nitrogen and oxygen atoms in total. The van der Waals surface area contributed by atoms with Crippen LogP contribution in [0.25, 0.3) is 0 Å². The normalized spacial score (nSPS) is 12.9. The average Bonchev–Trinajstić information content (AvgIpc) is 2.27. The van der Waals surface area contributed by atoms with Crippen LogP contribution in [0.5, 0.6) is 0 Å². The first kappa shape index (κ1) is 16.7. The minimum absolute atomic E-state index is 0. The molecule has 0 saturated heterocycles. The Hall–Kier alpha value is -0.330. The molecule has 0 bridgehead atoms. The Morgan fingerprint density at radius 2 is 2.00 bits per heavy atom. The van der Waals surface area contributed by atoms with Gasteiger partial charge in [0, 0.05) is 17.6 Å². The van der Waals surface area contributed by atoms with Crippen LogP contribution < -0.4 is 10.5 Å². The Bertz CT molecular complexity index is 451. The van der Waals surface area contributed by atoms with Crippen molar-refractivity contribution in [3.63, 3.8) is 0 Å². The van der Waals surface area contributed by atoms with Gasteiger partial charge < -0.3 is 5.73 Å². The predicted octanol–water partition coefficient (Wildman–Crippen LogP) is 1.70. The third kappa shape index (κ3) is 5.23. The van der Waals surface area contributed by atoms with E-state index >= 15 is 0 Å². The fourth-order valence-corrected chi connectivity index (χ4v) is 2.12. The van der Waals surface area contributed by atoms with Crippen molar-refractivity contribution >= 4 is 34.0 Å². The highest BCUT2D eigenvalue weighted by Gasteiger charge is 2.13. The maximum absolute atomic E-state index is 11.2. The summed E-state index contributed by atoms with van der Waals surface area (Å²) < 4.78 is 24.9. The molecule has 3 N–H and O–H groups in total. The molecule has 7 heteroatoms. The lowest BCUT2D eigenvalue weighted by molar-refractivity contribution is 0.573. The second-order valence-electron chi connectivity index (χ2n) is 3.38. The van der Waals surface area contributed by atoms with Crippen molar-refractivity contribution in [2.75, 3.05) is 12.3 Å². The zero-order valence-corrected chi connectivity index (χ0v) is 11.8. The Morgan fingerprint density at radius 1 is 1.41 bits per heavy atom. The number of halogens is 2. The number of hydrogen-bond donors (Lipinski definition) is 2. The predicted molar refractivity (Wildman–Crippen MR) is 73.1 cm³/mol. The maximum Gasteiger partial charge on any atom is 0.211 e. The molecule has 1 unspecified atom stereocenters. The monoisotopic (exact) mass is 298 g/mol. The molecule has 17 heavy (non-hydrogen) atoms. The Morgan fingerprint density at radius 3 is 2.53 bits per heavy atom. The standard InChI is InChI=1S/C10H15ClN2O2S.ClH/c1-2-16(14,15)13-7-10(12)8-5-3-4-6-9(8)11;/h3-6,10,13H,2,7,12H2,1H3;1H. The lowest BCUT2D eigenvalue weighted by Crippen LogP contribution is -2.33. The number of rotatable bonds is 5. The molecule has 0 amide bonds. The SMILES string of the molecule is CCS(=O)(=O)NCC(N)c1ccccc1Cl.Cl. The molecule has 1 aromatic carbocycles. The second-order valence-corrected chi connectivity index (χ2v) is 5.88. The molecule has 1 aromatic rings. The summed E-state index contributed by atoms with van der Waals surface area (Å²) in [5, 5.41) is 0.547. The molecular weight excluding hydrogens is 283 g/mol. The minimum atomic E-state index is -3.21. The fraction of sp³-hybridized carbons (Fsp3) is 0.400. The van der Waals surface area contributed by atoms with Crippen molar-refractivity contribution < 1.29 is 8.42 Å². The van der Waals surface area contributed by atoms with Gasteiger partial charge >= 0.3 is 0 Å². The van der Waals surface area contributed by atoms with Gasteiger partial charge in [0.05, 0.1) is 5.75 Å². The Kier molecular flexibility index (Phi) is 7.04. The first-order chi connectivity index (χ1) is 7.46. The van der Waals surface area contributed by atoms with E-state index in [1.807, 2.05) is 6.07 Å². The molecule has 98 valence electrons. The highest BCUT2D eigenvalue weighted by Crippen LogP contribution is 2.20. The quantitative estimate of drug-likeness (QED) is 0.869. The van der Waals surface area contributed by atoms with E-state index in [0.29, 0.717) is 5.02 Å². The Balaban J connectivity index is 0.00000256. The van der Waals surface area contributed by atoms with Crippen molar-refractivity contribution in [3.8, 4) is 0 Å². The molecule has 0 aliphatic carbocycles. The summed E-state index contributed by atoms with van der Waals surface area (Å²) in [5.74, 6) is 0.0439. The molecule has 0 saturated carbocycles. The van der Waals surface area contributed by atoms with Crippen LogP contribution in [0.4, 0.5) is 0 Å².